The van der Waals surface area contributed by atoms with Gasteiger partial charge in [-0.2, -0.15) is 0 Å². The SMILES string of the molecule is O=C(O)[C@H]1CCCN1C(=O)Cc1coc(-c2ccc(F)cc2)n1. The lowest BCUT2D eigenvalue weighted by Gasteiger charge is -2.20. The number of carboxylic acids is 1. The van der Waals surface area contributed by atoms with Crippen molar-refractivity contribution in [1.82, 2.24) is 9.88 Å². The van der Waals surface area contributed by atoms with Crippen molar-refractivity contribution in [3.63, 3.8) is 0 Å². The summed E-state index contributed by atoms with van der Waals surface area (Å²) in [6.07, 6.45) is 2.50. The van der Waals surface area contributed by atoms with Crippen LogP contribution in [-0.4, -0.2) is 39.5 Å². The molecule has 120 valence electrons. The summed E-state index contributed by atoms with van der Waals surface area (Å²) in [7, 11) is 0. The van der Waals surface area contributed by atoms with Gasteiger partial charge in [0, 0.05) is 12.1 Å². The fraction of sp³-hybridized carbons (Fsp3) is 0.312. The van der Waals surface area contributed by atoms with Gasteiger partial charge in [0.1, 0.15) is 18.1 Å². The Bertz CT molecular complexity index is 726. The van der Waals surface area contributed by atoms with E-state index in [0.717, 1.165) is 0 Å². The van der Waals surface area contributed by atoms with Gasteiger partial charge in [0.25, 0.3) is 0 Å². The Balaban J connectivity index is 1.70. The van der Waals surface area contributed by atoms with Crippen molar-refractivity contribution in [2.24, 2.45) is 0 Å². The van der Waals surface area contributed by atoms with Crippen LogP contribution in [0.4, 0.5) is 4.39 Å². The summed E-state index contributed by atoms with van der Waals surface area (Å²) in [6, 6.07) is 4.91. The number of amides is 1. The molecule has 1 amide bonds. The smallest absolute Gasteiger partial charge is 0.326 e. The van der Waals surface area contributed by atoms with Gasteiger partial charge in [-0.1, -0.05) is 0 Å². The molecule has 6 nitrogen and oxygen atoms in total. The Hall–Kier alpha value is -2.70. The van der Waals surface area contributed by atoms with E-state index in [9.17, 15) is 14.0 Å². The molecular formula is C16H15FN2O4. The van der Waals surface area contributed by atoms with Gasteiger partial charge in [-0.05, 0) is 37.1 Å². The summed E-state index contributed by atoms with van der Waals surface area (Å²) in [5, 5.41) is 9.12. The third-order valence-corrected chi connectivity index (χ3v) is 3.83. The molecule has 2 heterocycles. The Morgan fingerprint density at radius 1 is 1.35 bits per heavy atom. The molecule has 0 bridgehead atoms. The zero-order chi connectivity index (χ0) is 16.4. The molecule has 7 heteroatoms. The number of carboxylic acid groups (broad SMARTS) is 1. The van der Waals surface area contributed by atoms with E-state index in [4.69, 9.17) is 9.52 Å². The summed E-state index contributed by atoms with van der Waals surface area (Å²) in [6.45, 7) is 0.443. The molecule has 23 heavy (non-hydrogen) atoms. The minimum Gasteiger partial charge on any atom is -0.480 e. The molecule has 0 unspecified atom stereocenters. The first-order chi connectivity index (χ1) is 11.0. The van der Waals surface area contributed by atoms with Crippen LogP contribution in [0.2, 0.25) is 0 Å². The first-order valence-electron chi connectivity index (χ1n) is 7.27. The summed E-state index contributed by atoms with van der Waals surface area (Å²) in [5.41, 5.74) is 1.03. The standard InChI is InChI=1S/C16H15FN2O4/c17-11-5-3-10(4-6-11)15-18-12(9-23-15)8-14(20)19-7-1-2-13(19)16(21)22/h3-6,9,13H,1-2,7-8H2,(H,21,22)/t13-/m1/s1. The third-order valence-electron chi connectivity index (χ3n) is 3.83. The van der Waals surface area contributed by atoms with E-state index in [2.05, 4.69) is 4.98 Å². The van der Waals surface area contributed by atoms with Crippen LogP contribution < -0.4 is 0 Å². The van der Waals surface area contributed by atoms with Gasteiger partial charge in [-0.25, -0.2) is 14.2 Å². The number of rotatable bonds is 4. The summed E-state index contributed by atoms with van der Waals surface area (Å²) in [4.78, 5) is 29.0. The van der Waals surface area contributed by atoms with E-state index >= 15 is 0 Å². The largest absolute Gasteiger partial charge is 0.480 e. The summed E-state index contributed by atoms with van der Waals surface area (Å²) in [5.74, 6) is -1.33. The lowest BCUT2D eigenvalue weighted by molar-refractivity contribution is -0.148. The molecule has 3 rings (SSSR count). The molecule has 0 aliphatic carbocycles. The highest BCUT2D eigenvalue weighted by atomic mass is 19.1. The lowest BCUT2D eigenvalue weighted by Crippen LogP contribution is -2.41. The van der Waals surface area contributed by atoms with E-state index in [1.165, 1.54) is 35.4 Å². The molecule has 0 spiro atoms. The number of aliphatic carboxylic acids is 1. The van der Waals surface area contributed by atoms with Crippen LogP contribution in [0, 0.1) is 5.82 Å². The van der Waals surface area contributed by atoms with Crippen LogP contribution in [0.25, 0.3) is 11.5 Å². The van der Waals surface area contributed by atoms with Crippen molar-refractivity contribution in [1.29, 1.82) is 0 Å². The highest BCUT2D eigenvalue weighted by Crippen LogP contribution is 2.21. The van der Waals surface area contributed by atoms with E-state index in [1.807, 2.05) is 0 Å². The maximum atomic E-state index is 12.9. The van der Waals surface area contributed by atoms with Crippen LogP contribution in [0.5, 0.6) is 0 Å². The highest BCUT2D eigenvalue weighted by molar-refractivity contribution is 5.85. The van der Waals surface area contributed by atoms with E-state index in [1.54, 1.807) is 0 Å². The van der Waals surface area contributed by atoms with Gasteiger partial charge in [0.05, 0.1) is 12.1 Å². The molecule has 1 aliphatic rings. The summed E-state index contributed by atoms with van der Waals surface area (Å²) < 4.78 is 18.2. The quantitative estimate of drug-likeness (QED) is 0.933. The number of oxazole rings is 1. The second kappa shape index (κ2) is 6.20. The average molecular weight is 318 g/mol. The van der Waals surface area contributed by atoms with Gasteiger partial charge >= 0.3 is 5.97 Å². The molecule has 0 radical (unpaired) electrons. The zero-order valence-electron chi connectivity index (χ0n) is 12.2. The Morgan fingerprint density at radius 3 is 2.78 bits per heavy atom. The van der Waals surface area contributed by atoms with Crippen molar-refractivity contribution in [3.8, 4) is 11.5 Å². The normalized spacial score (nSPS) is 17.4. The van der Waals surface area contributed by atoms with E-state index in [0.29, 0.717) is 36.5 Å². The fourth-order valence-corrected chi connectivity index (χ4v) is 2.69. The highest BCUT2D eigenvalue weighted by Gasteiger charge is 2.34. The van der Waals surface area contributed by atoms with Crippen molar-refractivity contribution < 1.29 is 23.5 Å². The topological polar surface area (TPSA) is 83.6 Å². The monoisotopic (exact) mass is 318 g/mol. The predicted molar refractivity (Wildman–Crippen MR) is 78.0 cm³/mol. The molecule has 1 aromatic heterocycles. The molecule has 1 fully saturated rings. The van der Waals surface area contributed by atoms with E-state index in [-0.39, 0.29) is 18.1 Å². The minimum absolute atomic E-state index is 0.0194. The molecule has 0 saturated carbocycles. The van der Waals surface area contributed by atoms with Crippen molar-refractivity contribution >= 4 is 11.9 Å². The van der Waals surface area contributed by atoms with Gasteiger partial charge in [-0.3, -0.25) is 4.79 Å². The maximum absolute atomic E-state index is 12.9. The number of hydrogen-bond acceptors (Lipinski definition) is 4. The Labute approximate surface area is 131 Å². The fourth-order valence-electron chi connectivity index (χ4n) is 2.69. The van der Waals surface area contributed by atoms with Gasteiger partial charge in [0.15, 0.2) is 0 Å². The van der Waals surface area contributed by atoms with Crippen LogP contribution in [-0.2, 0) is 16.0 Å². The summed E-state index contributed by atoms with van der Waals surface area (Å²) >= 11 is 0. The van der Waals surface area contributed by atoms with Crippen LogP contribution in [0.3, 0.4) is 0 Å². The van der Waals surface area contributed by atoms with Crippen LogP contribution in [0.1, 0.15) is 18.5 Å². The average Bonchev–Trinajstić information content (AvgIpc) is 3.16. The van der Waals surface area contributed by atoms with Gasteiger partial charge in [0.2, 0.25) is 11.8 Å². The first kappa shape index (κ1) is 15.2. The van der Waals surface area contributed by atoms with E-state index < -0.39 is 12.0 Å². The van der Waals surface area contributed by atoms with Crippen molar-refractivity contribution in [2.75, 3.05) is 6.54 Å². The molecule has 1 aromatic carbocycles. The lowest BCUT2D eigenvalue weighted by atomic mass is 10.2. The molecule has 1 atom stereocenters. The number of likely N-dealkylation sites (tertiary alicyclic amines) is 1. The van der Waals surface area contributed by atoms with Gasteiger partial charge in [-0.15, -0.1) is 0 Å². The zero-order valence-corrected chi connectivity index (χ0v) is 12.2. The van der Waals surface area contributed by atoms with Crippen LogP contribution in [0.15, 0.2) is 34.9 Å². The number of carbonyl (C=O) groups excluding carboxylic acids is 1. The maximum Gasteiger partial charge on any atom is 0.326 e. The molecule has 1 saturated heterocycles. The second-order valence-corrected chi connectivity index (χ2v) is 5.41. The number of hydrogen-bond donors (Lipinski definition) is 1. The molecule has 1 N–H and O–H groups in total. The molecule has 2 aromatic rings. The Morgan fingerprint density at radius 2 is 2.09 bits per heavy atom. The minimum atomic E-state index is -0.983. The first-order valence-corrected chi connectivity index (χ1v) is 7.27. The number of carbonyl (C=O) groups is 2. The Kier molecular flexibility index (Phi) is 4.10. The number of aromatic nitrogens is 1. The van der Waals surface area contributed by atoms with Crippen molar-refractivity contribution in [2.45, 2.75) is 25.3 Å². The predicted octanol–water partition coefficient (Wildman–Crippen LogP) is 2.10. The van der Waals surface area contributed by atoms with Gasteiger partial charge < -0.3 is 14.4 Å². The number of halogens is 1. The molecule has 1 aliphatic heterocycles. The van der Waals surface area contributed by atoms with Crippen LogP contribution >= 0.6 is 0 Å². The van der Waals surface area contributed by atoms with Crippen molar-refractivity contribution in [3.05, 3.63) is 42.0 Å². The third kappa shape index (κ3) is 3.23. The second-order valence-electron chi connectivity index (χ2n) is 5.41. The molecular weight excluding hydrogens is 303 g/mol. The number of nitrogens with zero attached hydrogens (tertiary/aromatic N) is 2. The number of benzene rings is 1.